The zero-order valence-corrected chi connectivity index (χ0v) is 25.1. The fourth-order valence-corrected chi connectivity index (χ4v) is 6.71. The van der Waals surface area contributed by atoms with Crippen molar-refractivity contribution in [3.05, 3.63) is 78.4 Å². The molecule has 0 radical (unpaired) electrons. The summed E-state index contributed by atoms with van der Waals surface area (Å²) < 4.78 is 49.1. The van der Waals surface area contributed by atoms with E-state index in [0.717, 1.165) is 25.8 Å². The Balaban J connectivity index is 1.71. The molecular weight excluding hydrogens is 553 g/mol. The minimum atomic E-state index is -3.60. The fraction of sp³-hybridized carbons (Fsp3) is 0.200. The number of methoxy groups -OCH3 is 4. The van der Waals surface area contributed by atoms with Gasteiger partial charge < -0.3 is 18.9 Å². The van der Waals surface area contributed by atoms with Crippen molar-refractivity contribution in [1.29, 1.82) is 0 Å². The average molecular weight is 583 g/mol. The van der Waals surface area contributed by atoms with Gasteiger partial charge in [-0.15, -0.1) is 11.8 Å². The number of thioether (sulfide) groups is 1. The smallest absolute Gasteiger partial charge is 0.206 e. The first-order valence-corrected chi connectivity index (χ1v) is 15.4. The van der Waals surface area contributed by atoms with Crippen molar-refractivity contribution in [3.8, 4) is 34.1 Å². The Morgan fingerprint density at radius 2 is 0.949 bits per heavy atom. The van der Waals surface area contributed by atoms with Gasteiger partial charge in [0.15, 0.2) is 0 Å². The highest BCUT2D eigenvalue weighted by Gasteiger charge is 2.24. The molecule has 0 atom stereocenters. The third-order valence-electron chi connectivity index (χ3n) is 6.15. The van der Waals surface area contributed by atoms with Crippen LogP contribution in [-0.2, 0) is 9.84 Å². The summed E-state index contributed by atoms with van der Waals surface area (Å²) in [5.74, 6) is 2.45. The molecule has 0 aliphatic carbocycles. The molecule has 0 saturated heterocycles. The zero-order valence-electron chi connectivity index (χ0n) is 22.6. The average Bonchev–Trinajstić information content (AvgIpc) is 2.96. The number of ether oxygens (including phenoxy) is 4. The largest absolute Gasteiger partial charge is 0.496 e. The van der Waals surface area contributed by atoms with E-state index in [2.05, 4.69) is 0 Å². The Morgan fingerprint density at radius 3 is 1.33 bits per heavy atom. The van der Waals surface area contributed by atoms with E-state index in [9.17, 15) is 8.42 Å². The second-order valence-electron chi connectivity index (χ2n) is 8.50. The first-order chi connectivity index (χ1) is 18.7. The Hall–Kier alpha value is -3.27. The number of benzene rings is 4. The lowest BCUT2D eigenvalue weighted by Crippen LogP contribution is -2.01. The van der Waals surface area contributed by atoms with E-state index in [4.69, 9.17) is 18.9 Å². The van der Waals surface area contributed by atoms with E-state index >= 15 is 0 Å². The molecule has 0 bridgehead atoms. The fourth-order valence-electron chi connectivity index (χ4n) is 4.12. The summed E-state index contributed by atoms with van der Waals surface area (Å²) in [5.41, 5.74) is 2.45. The molecule has 39 heavy (non-hydrogen) atoms. The molecule has 6 nitrogen and oxygen atoms in total. The molecule has 0 amide bonds. The van der Waals surface area contributed by atoms with Crippen LogP contribution in [0.1, 0.15) is 5.56 Å². The van der Waals surface area contributed by atoms with Gasteiger partial charge in [0.1, 0.15) is 23.0 Å². The lowest BCUT2D eigenvalue weighted by Gasteiger charge is -2.20. The molecule has 0 heterocycles. The monoisotopic (exact) mass is 582 g/mol. The molecule has 204 valence electrons. The summed E-state index contributed by atoms with van der Waals surface area (Å²) in [7, 11) is 2.85. The van der Waals surface area contributed by atoms with Gasteiger partial charge in [-0.05, 0) is 73.8 Å². The number of hydrogen-bond donors (Lipinski definition) is 0. The standard InChI is InChI=1S/C30H30O6S3/c1-19-7-11-23(12-8-19)39(31,32)24-13-9-20(10-14-24)38-22-17-27(35-4)30(28(18-22)36-5)29-25(33-2)15-21(37-6)16-26(29)34-3/h7-18H,1-6H3. The molecule has 0 aliphatic heterocycles. The summed E-state index contributed by atoms with van der Waals surface area (Å²) >= 11 is 3.07. The quantitative estimate of drug-likeness (QED) is 0.179. The Morgan fingerprint density at radius 1 is 0.564 bits per heavy atom. The summed E-state index contributed by atoms with van der Waals surface area (Å²) in [4.78, 5) is 3.25. The van der Waals surface area contributed by atoms with Gasteiger partial charge in [-0.25, -0.2) is 8.42 Å². The van der Waals surface area contributed by atoms with Crippen LogP contribution < -0.4 is 18.9 Å². The number of hydrogen-bond acceptors (Lipinski definition) is 8. The van der Waals surface area contributed by atoms with Gasteiger partial charge in [0.2, 0.25) is 9.84 Å². The SMILES string of the molecule is COc1cc(SC)cc(OC)c1-c1c(OC)cc(Sc2ccc(S(=O)(=O)c3ccc(C)cc3)cc2)cc1OC. The molecule has 0 saturated carbocycles. The second kappa shape index (κ2) is 12.3. The molecule has 4 rings (SSSR count). The van der Waals surface area contributed by atoms with E-state index in [-0.39, 0.29) is 9.79 Å². The van der Waals surface area contributed by atoms with Crippen LogP contribution in [0.2, 0.25) is 0 Å². The van der Waals surface area contributed by atoms with Crippen LogP contribution in [0.15, 0.2) is 97.3 Å². The maximum absolute atomic E-state index is 13.0. The van der Waals surface area contributed by atoms with Crippen molar-refractivity contribution in [2.24, 2.45) is 0 Å². The number of aryl methyl sites for hydroxylation is 1. The van der Waals surface area contributed by atoms with Crippen LogP contribution in [0.5, 0.6) is 23.0 Å². The van der Waals surface area contributed by atoms with Gasteiger partial charge in [-0.2, -0.15) is 0 Å². The van der Waals surface area contributed by atoms with E-state index in [0.29, 0.717) is 28.6 Å². The molecule has 4 aromatic rings. The van der Waals surface area contributed by atoms with Crippen molar-refractivity contribution < 1.29 is 27.4 Å². The molecule has 0 unspecified atom stereocenters. The van der Waals surface area contributed by atoms with Crippen LogP contribution >= 0.6 is 23.5 Å². The Kier molecular flexibility index (Phi) is 9.04. The summed E-state index contributed by atoms with van der Waals surface area (Å²) in [6, 6.07) is 21.4. The summed E-state index contributed by atoms with van der Waals surface area (Å²) in [6.07, 6.45) is 1.99. The van der Waals surface area contributed by atoms with Gasteiger partial charge in [0, 0.05) is 14.7 Å². The Bertz CT molecular complexity index is 1510. The van der Waals surface area contributed by atoms with E-state index < -0.39 is 9.84 Å². The maximum atomic E-state index is 13.0. The number of sulfone groups is 1. The molecule has 9 heteroatoms. The molecule has 4 aromatic carbocycles. The van der Waals surface area contributed by atoms with Gasteiger partial charge in [0.25, 0.3) is 0 Å². The number of rotatable bonds is 10. The molecule has 0 aromatic heterocycles. The van der Waals surface area contributed by atoms with Crippen molar-refractivity contribution in [2.45, 2.75) is 31.4 Å². The van der Waals surface area contributed by atoms with Crippen molar-refractivity contribution in [2.75, 3.05) is 34.7 Å². The van der Waals surface area contributed by atoms with Gasteiger partial charge in [-0.3, -0.25) is 0 Å². The van der Waals surface area contributed by atoms with Crippen LogP contribution in [0.25, 0.3) is 11.1 Å². The van der Waals surface area contributed by atoms with Crippen molar-refractivity contribution >= 4 is 33.4 Å². The summed E-state index contributed by atoms with van der Waals surface area (Å²) in [5, 5.41) is 0. The van der Waals surface area contributed by atoms with Crippen molar-refractivity contribution in [1.82, 2.24) is 0 Å². The molecule has 0 aliphatic rings. The van der Waals surface area contributed by atoms with Gasteiger partial charge in [-0.1, -0.05) is 29.5 Å². The van der Waals surface area contributed by atoms with E-state index in [1.54, 1.807) is 88.7 Å². The zero-order chi connectivity index (χ0) is 28.2. The Labute approximate surface area is 238 Å². The normalized spacial score (nSPS) is 11.2. The minimum absolute atomic E-state index is 0.245. The van der Waals surface area contributed by atoms with Crippen LogP contribution in [-0.4, -0.2) is 43.1 Å². The van der Waals surface area contributed by atoms with Gasteiger partial charge in [0.05, 0.1) is 49.4 Å². The lowest BCUT2D eigenvalue weighted by atomic mass is 10.0. The highest BCUT2D eigenvalue weighted by molar-refractivity contribution is 7.99. The van der Waals surface area contributed by atoms with Crippen molar-refractivity contribution in [3.63, 3.8) is 0 Å². The topological polar surface area (TPSA) is 71.1 Å². The maximum Gasteiger partial charge on any atom is 0.206 e. The highest BCUT2D eigenvalue weighted by atomic mass is 32.2. The predicted octanol–water partition coefficient (Wildman–Crippen LogP) is 7.40. The molecular formula is C30H30O6S3. The predicted molar refractivity (Wildman–Crippen MR) is 157 cm³/mol. The summed E-state index contributed by atoms with van der Waals surface area (Å²) in [6.45, 7) is 1.92. The van der Waals surface area contributed by atoms with Crippen LogP contribution in [0.4, 0.5) is 0 Å². The lowest BCUT2D eigenvalue weighted by molar-refractivity contribution is 0.384. The third kappa shape index (κ3) is 6.00. The van der Waals surface area contributed by atoms with E-state index in [1.807, 2.05) is 37.4 Å². The highest BCUT2D eigenvalue weighted by Crippen LogP contribution is 2.50. The first-order valence-electron chi connectivity index (χ1n) is 11.9. The van der Waals surface area contributed by atoms with E-state index in [1.165, 1.54) is 11.8 Å². The minimum Gasteiger partial charge on any atom is -0.496 e. The first kappa shape index (κ1) is 28.7. The van der Waals surface area contributed by atoms with Crippen LogP contribution in [0.3, 0.4) is 0 Å². The molecule has 0 N–H and O–H groups in total. The third-order valence-corrected chi connectivity index (χ3v) is 9.62. The second-order valence-corrected chi connectivity index (χ2v) is 12.5. The molecule has 0 spiro atoms. The molecule has 0 fully saturated rings. The van der Waals surface area contributed by atoms with Crippen LogP contribution in [0, 0.1) is 6.92 Å². The van der Waals surface area contributed by atoms with Gasteiger partial charge >= 0.3 is 0 Å².